The molecule has 0 aliphatic carbocycles. The first-order valence-electron chi connectivity index (χ1n) is 9.65. The van der Waals surface area contributed by atoms with Crippen LogP contribution in [0, 0.1) is 0 Å². The monoisotopic (exact) mass is 383 g/mol. The van der Waals surface area contributed by atoms with Crippen LogP contribution in [0.5, 0.6) is 17.2 Å². The number of benzene rings is 2. The molecule has 0 spiro atoms. The second-order valence-corrected chi connectivity index (χ2v) is 6.82. The molecule has 0 heterocycles. The van der Waals surface area contributed by atoms with Crippen molar-refractivity contribution in [1.29, 1.82) is 0 Å². The summed E-state index contributed by atoms with van der Waals surface area (Å²) >= 11 is 0. The largest absolute Gasteiger partial charge is 0.508 e. The lowest BCUT2D eigenvalue weighted by molar-refractivity contribution is 0.444. The Kier molecular flexibility index (Phi) is 9.72. The summed E-state index contributed by atoms with van der Waals surface area (Å²) in [5.74, 6) is 0.335. The van der Waals surface area contributed by atoms with Crippen molar-refractivity contribution < 1.29 is 15.3 Å². The van der Waals surface area contributed by atoms with E-state index in [2.05, 4.69) is 24.6 Å². The van der Waals surface area contributed by atoms with Gasteiger partial charge in [-0.05, 0) is 50.2 Å². The second-order valence-electron chi connectivity index (χ2n) is 6.82. The van der Waals surface area contributed by atoms with Gasteiger partial charge in [0.2, 0.25) is 0 Å². The maximum atomic E-state index is 9.77. The molecule has 3 N–H and O–H groups in total. The maximum Gasteiger partial charge on any atom is 0.123 e. The Morgan fingerprint density at radius 3 is 2.18 bits per heavy atom. The lowest BCUT2D eigenvalue weighted by atomic mass is 9.92. The number of phenolic OH excluding ortho intramolecular Hbond substituents is 3. The van der Waals surface area contributed by atoms with Crippen molar-refractivity contribution in [3.05, 3.63) is 78.1 Å². The molecule has 0 fully saturated rings. The van der Waals surface area contributed by atoms with Crippen molar-refractivity contribution in [3.8, 4) is 17.2 Å². The third kappa shape index (κ3) is 7.39. The summed E-state index contributed by atoms with van der Waals surface area (Å²) in [6.07, 6.45) is 6.60. The minimum atomic E-state index is -0.00352. The van der Waals surface area contributed by atoms with Crippen LogP contribution in [0.15, 0.2) is 67.0 Å². The van der Waals surface area contributed by atoms with Crippen LogP contribution in [0.1, 0.15) is 57.6 Å². The van der Waals surface area contributed by atoms with Crippen LogP contribution < -0.4 is 0 Å². The summed E-state index contributed by atoms with van der Waals surface area (Å²) in [7, 11) is 0. The number of phenols is 3. The van der Waals surface area contributed by atoms with Crippen molar-refractivity contribution in [2.45, 2.75) is 46.5 Å². The molecule has 0 bridgehead atoms. The minimum Gasteiger partial charge on any atom is -0.508 e. The summed E-state index contributed by atoms with van der Waals surface area (Å²) in [5.41, 5.74) is 2.86. The SMILES string of the molecule is C=C(C)N(/C=C\C)CCCC.CC(c1ccc(O)cc1)c1ccc(O)cc1O. The molecule has 28 heavy (non-hydrogen) atoms. The molecule has 4 nitrogen and oxygen atoms in total. The topological polar surface area (TPSA) is 63.9 Å². The average molecular weight is 384 g/mol. The first-order valence-corrected chi connectivity index (χ1v) is 9.65. The van der Waals surface area contributed by atoms with Crippen LogP contribution in [0.25, 0.3) is 0 Å². The molecule has 4 heteroatoms. The quantitative estimate of drug-likeness (QED) is 0.540. The molecule has 1 atom stereocenters. The van der Waals surface area contributed by atoms with Gasteiger partial charge in [-0.3, -0.25) is 0 Å². The third-order valence-electron chi connectivity index (χ3n) is 4.45. The number of rotatable bonds is 7. The van der Waals surface area contributed by atoms with E-state index in [1.807, 2.05) is 39.0 Å². The molecule has 2 rings (SSSR count). The van der Waals surface area contributed by atoms with Gasteiger partial charge < -0.3 is 20.2 Å². The van der Waals surface area contributed by atoms with Gasteiger partial charge in [-0.15, -0.1) is 0 Å². The standard InChI is InChI=1S/C14H14O3.C10H19N/c1-9(10-2-4-11(15)5-3-10)13-7-6-12(16)8-14(13)17;1-5-7-9-11(8-6-2)10(3)4/h2-9,15-17H,1H3;6,8H,3,5,7,9H2,1-2,4H3/b;8-6-. The highest BCUT2D eigenvalue weighted by Crippen LogP contribution is 2.33. The van der Waals surface area contributed by atoms with Crippen molar-refractivity contribution in [2.75, 3.05) is 6.54 Å². The number of nitrogens with zero attached hydrogens (tertiary/aromatic N) is 1. The molecular weight excluding hydrogens is 350 g/mol. The molecule has 0 saturated heterocycles. The molecule has 0 aliphatic heterocycles. The minimum absolute atomic E-state index is 0.00352. The van der Waals surface area contributed by atoms with E-state index in [4.69, 9.17) is 0 Å². The van der Waals surface area contributed by atoms with E-state index in [0.717, 1.165) is 23.4 Å². The van der Waals surface area contributed by atoms with E-state index in [-0.39, 0.29) is 23.2 Å². The van der Waals surface area contributed by atoms with E-state index in [0.29, 0.717) is 0 Å². The fourth-order valence-corrected chi connectivity index (χ4v) is 2.74. The number of allylic oxidation sites excluding steroid dienone is 2. The van der Waals surface area contributed by atoms with Crippen LogP contribution in [0.2, 0.25) is 0 Å². The number of aromatic hydroxyl groups is 3. The van der Waals surface area contributed by atoms with Crippen molar-refractivity contribution >= 4 is 0 Å². The number of hydrogen-bond acceptors (Lipinski definition) is 4. The van der Waals surface area contributed by atoms with Gasteiger partial charge in [0, 0.05) is 29.8 Å². The molecule has 0 saturated carbocycles. The first kappa shape index (κ1) is 23.2. The van der Waals surface area contributed by atoms with E-state index in [1.165, 1.54) is 18.9 Å². The highest BCUT2D eigenvalue weighted by Gasteiger charge is 2.13. The van der Waals surface area contributed by atoms with E-state index in [1.54, 1.807) is 24.3 Å². The molecule has 0 aromatic heterocycles. The molecule has 2 aromatic rings. The molecular formula is C24H33NO3. The van der Waals surface area contributed by atoms with Crippen LogP contribution in [-0.4, -0.2) is 26.8 Å². The normalized spacial score (nSPS) is 11.6. The summed E-state index contributed by atoms with van der Waals surface area (Å²) < 4.78 is 0. The average Bonchev–Trinajstić information content (AvgIpc) is 2.65. The van der Waals surface area contributed by atoms with Crippen molar-refractivity contribution in [2.24, 2.45) is 0 Å². The van der Waals surface area contributed by atoms with Gasteiger partial charge >= 0.3 is 0 Å². The molecule has 1 unspecified atom stereocenters. The Labute approximate surface area is 169 Å². The van der Waals surface area contributed by atoms with Crippen LogP contribution in [0.4, 0.5) is 0 Å². The van der Waals surface area contributed by atoms with Crippen LogP contribution in [-0.2, 0) is 0 Å². The Balaban J connectivity index is 0.000000311. The number of unbranched alkanes of at least 4 members (excludes halogenated alkanes) is 1. The highest BCUT2D eigenvalue weighted by molar-refractivity contribution is 5.45. The van der Waals surface area contributed by atoms with E-state index in [9.17, 15) is 15.3 Å². The molecule has 152 valence electrons. The Morgan fingerprint density at radius 1 is 1.07 bits per heavy atom. The lowest BCUT2D eigenvalue weighted by Gasteiger charge is -2.19. The predicted octanol–water partition coefficient (Wildman–Crippen LogP) is 6.11. The lowest BCUT2D eigenvalue weighted by Crippen LogP contribution is -2.15. The fraction of sp³-hybridized carbons (Fsp3) is 0.333. The molecule has 0 aliphatic rings. The van der Waals surface area contributed by atoms with E-state index >= 15 is 0 Å². The summed E-state index contributed by atoms with van der Waals surface area (Å²) in [5, 5.41) is 28.2. The van der Waals surface area contributed by atoms with Crippen LogP contribution >= 0.6 is 0 Å². The maximum absolute atomic E-state index is 9.77. The van der Waals surface area contributed by atoms with Crippen LogP contribution in [0.3, 0.4) is 0 Å². The Morgan fingerprint density at radius 2 is 1.68 bits per heavy atom. The third-order valence-corrected chi connectivity index (χ3v) is 4.45. The highest BCUT2D eigenvalue weighted by atomic mass is 16.3. The Hall–Kier alpha value is -2.88. The van der Waals surface area contributed by atoms with E-state index < -0.39 is 0 Å². The van der Waals surface area contributed by atoms with Gasteiger partial charge in [-0.25, -0.2) is 0 Å². The number of hydrogen-bond donors (Lipinski definition) is 3. The molecule has 2 aromatic carbocycles. The van der Waals surface area contributed by atoms with Gasteiger partial charge in [-0.1, -0.05) is 51.1 Å². The zero-order valence-electron chi connectivity index (χ0n) is 17.4. The summed E-state index contributed by atoms with van der Waals surface area (Å²) in [4.78, 5) is 2.18. The fourth-order valence-electron chi connectivity index (χ4n) is 2.74. The second kappa shape index (κ2) is 11.8. The summed E-state index contributed by atoms with van der Waals surface area (Å²) in [6, 6.07) is 11.4. The predicted molar refractivity (Wildman–Crippen MR) is 117 cm³/mol. The van der Waals surface area contributed by atoms with Crippen molar-refractivity contribution in [3.63, 3.8) is 0 Å². The molecule has 0 amide bonds. The molecule has 0 radical (unpaired) electrons. The summed E-state index contributed by atoms with van der Waals surface area (Å²) in [6.45, 7) is 13.2. The zero-order valence-corrected chi connectivity index (χ0v) is 17.4. The smallest absolute Gasteiger partial charge is 0.123 e. The van der Waals surface area contributed by atoms with Gasteiger partial charge in [0.25, 0.3) is 0 Å². The van der Waals surface area contributed by atoms with Gasteiger partial charge in [0.15, 0.2) is 0 Å². The first-order chi connectivity index (χ1) is 13.3. The Bertz CT molecular complexity index is 766. The zero-order chi connectivity index (χ0) is 21.1. The van der Waals surface area contributed by atoms with Gasteiger partial charge in [0.05, 0.1) is 0 Å². The van der Waals surface area contributed by atoms with Gasteiger partial charge in [-0.2, -0.15) is 0 Å². The van der Waals surface area contributed by atoms with Crippen molar-refractivity contribution in [1.82, 2.24) is 4.90 Å². The van der Waals surface area contributed by atoms with Gasteiger partial charge in [0.1, 0.15) is 17.2 Å².